The number of nitrogens with one attached hydrogen (secondary N) is 1. The summed E-state index contributed by atoms with van der Waals surface area (Å²) in [6, 6.07) is 3.00. The first-order chi connectivity index (χ1) is 12.0. The first-order valence-corrected chi connectivity index (χ1v) is 8.11. The average Bonchev–Trinajstić information content (AvgIpc) is 2.65. The Labute approximate surface area is 147 Å². The van der Waals surface area contributed by atoms with Gasteiger partial charge in [0.25, 0.3) is 0 Å². The maximum absolute atomic E-state index is 12.4. The fraction of sp³-hybridized carbons (Fsp3) is 0.529. The van der Waals surface area contributed by atoms with E-state index in [9.17, 15) is 9.59 Å². The van der Waals surface area contributed by atoms with Gasteiger partial charge in [0.2, 0.25) is 5.91 Å². The number of hydrogen-bond acceptors (Lipinski definition) is 5. The van der Waals surface area contributed by atoms with Crippen molar-refractivity contribution in [1.82, 2.24) is 10.2 Å². The minimum atomic E-state index is -0.487. The second-order valence-electron chi connectivity index (χ2n) is 5.86. The fourth-order valence-corrected chi connectivity index (χ4v) is 2.95. The van der Waals surface area contributed by atoms with Crippen LogP contribution in [0.25, 0.3) is 0 Å². The van der Waals surface area contributed by atoms with Gasteiger partial charge in [-0.2, -0.15) is 0 Å². The largest absolute Gasteiger partial charge is 0.496 e. The van der Waals surface area contributed by atoms with E-state index in [4.69, 9.17) is 19.9 Å². The normalized spacial score (nSPS) is 16.9. The van der Waals surface area contributed by atoms with Crippen LogP contribution in [0.15, 0.2) is 12.1 Å². The third-order valence-electron chi connectivity index (χ3n) is 4.34. The summed E-state index contributed by atoms with van der Waals surface area (Å²) in [5, 5.41) is 2.90. The molecular weight excluding hydrogens is 326 g/mol. The molecule has 0 bridgehead atoms. The van der Waals surface area contributed by atoms with Crippen LogP contribution in [0.2, 0.25) is 0 Å². The molecular formula is C17H25N3O5. The quantitative estimate of drug-likeness (QED) is 0.799. The van der Waals surface area contributed by atoms with Crippen LogP contribution < -0.4 is 25.3 Å². The number of likely N-dealkylation sites (tertiary alicyclic amines) is 1. The zero-order chi connectivity index (χ0) is 18.4. The van der Waals surface area contributed by atoms with Crippen LogP contribution in [0.1, 0.15) is 18.4 Å². The first kappa shape index (κ1) is 18.7. The highest BCUT2D eigenvalue weighted by Gasteiger charge is 2.27. The molecule has 1 aromatic rings. The van der Waals surface area contributed by atoms with Crippen LogP contribution >= 0.6 is 0 Å². The van der Waals surface area contributed by atoms with Gasteiger partial charge in [-0.15, -0.1) is 0 Å². The highest BCUT2D eigenvalue weighted by molar-refractivity contribution is 5.80. The van der Waals surface area contributed by atoms with Crippen LogP contribution in [0, 0.1) is 5.92 Å². The maximum Gasteiger partial charge on any atom is 0.314 e. The van der Waals surface area contributed by atoms with Crippen LogP contribution in [0.4, 0.5) is 4.79 Å². The van der Waals surface area contributed by atoms with Crippen LogP contribution in [-0.2, 0) is 11.3 Å². The monoisotopic (exact) mass is 351 g/mol. The summed E-state index contributed by atoms with van der Waals surface area (Å²) in [4.78, 5) is 25.2. The first-order valence-electron chi connectivity index (χ1n) is 8.11. The Kier molecular flexibility index (Phi) is 6.32. The SMILES string of the molecule is COc1cc(OC)c(OC)cc1CNC(=O)[C@H]1CCCN(C(N)=O)C1. The predicted molar refractivity (Wildman–Crippen MR) is 91.8 cm³/mol. The summed E-state index contributed by atoms with van der Waals surface area (Å²) in [7, 11) is 4.65. The molecule has 0 saturated carbocycles. The van der Waals surface area contributed by atoms with Crippen molar-refractivity contribution >= 4 is 11.9 Å². The molecule has 1 aromatic carbocycles. The lowest BCUT2D eigenvalue weighted by Crippen LogP contribution is -2.47. The van der Waals surface area contributed by atoms with Gasteiger partial charge in [-0.25, -0.2) is 4.79 Å². The number of ether oxygens (including phenoxy) is 3. The van der Waals surface area contributed by atoms with E-state index < -0.39 is 6.03 Å². The Morgan fingerprint density at radius 2 is 1.80 bits per heavy atom. The van der Waals surface area contributed by atoms with Gasteiger partial charge >= 0.3 is 6.03 Å². The number of hydrogen-bond donors (Lipinski definition) is 2. The van der Waals surface area contributed by atoms with E-state index in [1.54, 1.807) is 33.5 Å². The standard InChI is InChI=1S/C17H25N3O5/c1-23-13-8-15(25-3)14(24-2)7-12(13)9-19-16(21)11-5-4-6-20(10-11)17(18)22/h7-8,11H,4-6,9-10H2,1-3H3,(H2,18,22)(H,19,21)/t11-/m0/s1. The van der Waals surface area contributed by atoms with E-state index in [1.807, 2.05) is 0 Å². The second-order valence-corrected chi connectivity index (χ2v) is 5.86. The van der Waals surface area contributed by atoms with Gasteiger partial charge in [-0.1, -0.05) is 0 Å². The van der Waals surface area contributed by atoms with E-state index in [-0.39, 0.29) is 18.4 Å². The molecule has 1 aliphatic rings. The lowest BCUT2D eigenvalue weighted by molar-refractivity contribution is -0.126. The number of urea groups is 1. The van der Waals surface area contributed by atoms with Crippen LogP contribution in [0.5, 0.6) is 17.2 Å². The van der Waals surface area contributed by atoms with Gasteiger partial charge in [-0.3, -0.25) is 4.79 Å². The lowest BCUT2D eigenvalue weighted by Gasteiger charge is -2.30. The van der Waals surface area contributed by atoms with Crippen molar-refractivity contribution in [1.29, 1.82) is 0 Å². The summed E-state index contributed by atoms with van der Waals surface area (Å²) < 4.78 is 15.9. The van der Waals surface area contributed by atoms with Gasteiger partial charge in [0.1, 0.15) is 5.75 Å². The zero-order valence-corrected chi connectivity index (χ0v) is 14.8. The molecule has 0 unspecified atom stereocenters. The minimum absolute atomic E-state index is 0.109. The number of amides is 3. The summed E-state index contributed by atoms with van der Waals surface area (Å²) in [5.74, 6) is 1.35. The molecule has 1 saturated heterocycles. The minimum Gasteiger partial charge on any atom is -0.496 e. The molecule has 1 atom stereocenters. The second kappa shape index (κ2) is 8.46. The maximum atomic E-state index is 12.4. The van der Waals surface area contributed by atoms with Gasteiger partial charge in [-0.05, 0) is 18.9 Å². The molecule has 1 aliphatic heterocycles. The molecule has 138 valence electrons. The number of carbonyl (C=O) groups is 2. The Hall–Kier alpha value is -2.64. The van der Waals surface area contributed by atoms with Crippen molar-refractivity contribution in [3.05, 3.63) is 17.7 Å². The summed E-state index contributed by atoms with van der Waals surface area (Å²) in [6.07, 6.45) is 1.50. The van der Waals surface area contributed by atoms with E-state index in [0.29, 0.717) is 30.3 Å². The van der Waals surface area contributed by atoms with Crippen molar-refractivity contribution in [3.8, 4) is 17.2 Å². The molecule has 3 amide bonds. The molecule has 3 N–H and O–H groups in total. The summed E-state index contributed by atoms with van der Waals surface area (Å²) in [5.41, 5.74) is 6.08. The Bertz CT molecular complexity index is 635. The molecule has 0 aliphatic carbocycles. The van der Waals surface area contributed by atoms with E-state index >= 15 is 0 Å². The van der Waals surface area contributed by atoms with Gasteiger partial charge in [0.05, 0.1) is 27.2 Å². The van der Waals surface area contributed by atoms with Gasteiger partial charge < -0.3 is 30.2 Å². The van der Waals surface area contributed by atoms with Gasteiger partial charge in [0, 0.05) is 31.3 Å². The number of carbonyl (C=O) groups excluding carboxylic acids is 2. The van der Waals surface area contributed by atoms with Crippen LogP contribution in [0.3, 0.4) is 0 Å². The third-order valence-corrected chi connectivity index (χ3v) is 4.34. The van der Waals surface area contributed by atoms with Crippen molar-refractivity contribution in [2.45, 2.75) is 19.4 Å². The number of benzene rings is 1. The third kappa shape index (κ3) is 4.46. The molecule has 1 heterocycles. The van der Waals surface area contributed by atoms with E-state index in [1.165, 1.54) is 4.90 Å². The highest BCUT2D eigenvalue weighted by atomic mass is 16.5. The van der Waals surface area contributed by atoms with Crippen molar-refractivity contribution in [3.63, 3.8) is 0 Å². The van der Waals surface area contributed by atoms with E-state index in [0.717, 1.165) is 18.4 Å². The molecule has 25 heavy (non-hydrogen) atoms. The predicted octanol–water partition coefficient (Wildman–Crippen LogP) is 1.12. The summed E-state index contributed by atoms with van der Waals surface area (Å²) >= 11 is 0. The molecule has 8 nitrogen and oxygen atoms in total. The topological polar surface area (TPSA) is 103 Å². The molecule has 0 spiro atoms. The van der Waals surface area contributed by atoms with Crippen molar-refractivity contribution in [2.24, 2.45) is 11.7 Å². The zero-order valence-electron chi connectivity index (χ0n) is 14.8. The van der Waals surface area contributed by atoms with Crippen LogP contribution in [-0.4, -0.2) is 51.3 Å². The molecule has 0 aromatic heterocycles. The Balaban J connectivity index is 2.05. The lowest BCUT2D eigenvalue weighted by atomic mass is 9.97. The molecule has 2 rings (SSSR count). The Morgan fingerprint density at radius 1 is 1.16 bits per heavy atom. The smallest absolute Gasteiger partial charge is 0.314 e. The number of nitrogens with zero attached hydrogens (tertiary/aromatic N) is 1. The molecule has 1 fully saturated rings. The number of primary amides is 1. The van der Waals surface area contributed by atoms with Crippen molar-refractivity contribution in [2.75, 3.05) is 34.4 Å². The number of methoxy groups -OCH3 is 3. The Morgan fingerprint density at radius 3 is 2.40 bits per heavy atom. The van der Waals surface area contributed by atoms with E-state index in [2.05, 4.69) is 5.32 Å². The molecule has 0 radical (unpaired) electrons. The summed E-state index contributed by atoms with van der Waals surface area (Å²) in [6.45, 7) is 1.24. The number of nitrogens with two attached hydrogens (primary N) is 1. The fourth-order valence-electron chi connectivity index (χ4n) is 2.95. The number of piperidine rings is 1. The van der Waals surface area contributed by atoms with Gasteiger partial charge in [0.15, 0.2) is 11.5 Å². The molecule has 8 heteroatoms. The average molecular weight is 351 g/mol. The van der Waals surface area contributed by atoms with Crippen molar-refractivity contribution < 1.29 is 23.8 Å². The number of rotatable bonds is 6. The highest BCUT2D eigenvalue weighted by Crippen LogP contribution is 2.34.